The van der Waals surface area contributed by atoms with E-state index in [-0.39, 0.29) is 18.3 Å². The molecule has 1 unspecified atom stereocenters. The van der Waals surface area contributed by atoms with Crippen LogP contribution in [0.15, 0.2) is 78.3 Å². The highest BCUT2D eigenvalue weighted by Gasteiger charge is 2.34. The van der Waals surface area contributed by atoms with E-state index in [1.807, 2.05) is 13.0 Å². The number of hydrogen-bond acceptors (Lipinski definition) is 8. The van der Waals surface area contributed by atoms with Crippen molar-refractivity contribution in [3.8, 4) is 23.0 Å². The van der Waals surface area contributed by atoms with Gasteiger partial charge < -0.3 is 29.6 Å². The fourth-order valence-electron chi connectivity index (χ4n) is 4.50. The van der Waals surface area contributed by atoms with Crippen molar-refractivity contribution >= 4 is 17.5 Å². The van der Waals surface area contributed by atoms with Crippen LogP contribution >= 0.6 is 0 Å². The SMILES string of the molecule is COc1ccc(NC(=O)C2=C(C)Nc3ncnn3C2c2ccc(OCc3ccc(F)cc3)c(OC)c2)c(OC)c1. The van der Waals surface area contributed by atoms with Gasteiger partial charge in [0.2, 0.25) is 5.95 Å². The normalized spacial score (nSPS) is 14.2. The second-order valence-corrected chi connectivity index (χ2v) is 8.94. The van der Waals surface area contributed by atoms with Gasteiger partial charge in [-0.15, -0.1) is 0 Å². The molecule has 1 aliphatic heterocycles. The Hall–Kier alpha value is -5.06. The largest absolute Gasteiger partial charge is 0.497 e. The molecule has 0 aliphatic carbocycles. The molecule has 5 rings (SSSR count). The highest BCUT2D eigenvalue weighted by molar-refractivity contribution is 6.06. The van der Waals surface area contributed by atoms with E-state index in [2.05, 4.69) is 20.7 Å². The van der Waals surface area contributed by atoms with Crippen LogP contribution in [0, 0.1) is 5.82 Å². The summed E-state index contributed by atoms with van der Waals surface area (Å²) in [4.78, 5) is 18.1. The lowest BCUT2D eigenvalue weighted by Crippen LogP contribution is -2.31. The molecule has 2 heterocycles. The first kappa shape index (κ1) is 26.5. The summed E-state index contributed by atoms with van der Waals surface area (Å²) in [5.74, 6) is 1.85. The summed E-state index contributed by atoms with van der Waals surface area (Å²) in [6.07, 6.45) is 1.42. The average Bonchev–Trinajstić information content (AvgIpc) is 3.44. The lowest BCUT2D eigenvalue weighted by Gasteiger charge is -2.29. The monoisotopic (exact) mass is 545 g/mol. The molecule has 4 aromatic rings. The number of carbonyl (C=O) groups excluding carboxylic acids is 1. The number of amides is 1. The minimum atomic E-state index is -0.622. The number of allylic oxidation sites excluding steroid dienone is 1. The van der Waals surface area contributed by atoms with Crippen LogP contribution in [0.1, 0.15) is 24.1 Å². The van der Waals surface area contributed by atoms with E-state index in [0.29, 0.717) is 45.9 Å². The van der Waals surface area contributed by atoms with Crippen molar-refractivity contribution < 1.29 is 28.1 Å². The Morgan fingerprint density at radius 3 is 2.48 bits per heavy atom. The topological polar surface area (TPSA) is 109 Å². The number of methoxy groups -OCH3 is 3. The van der Waals surface area contributed by atoms with Crippen molar-refractivity contribution in [1.82, 2.24) is 14.8 Å². The zero-order valence-electron chi connectivity index (χ0n) is 22.4. The molecule has 2 N–H and O–H groups in total. The van der Waals surface area contributed by atoms with Crippen LogP contribution in [0.2, 0.25) is 0 Å². The van der Waals surface area contributed by atoms with Crippen molar-refractivity contribution in [2.45, 2.75) is 19.6 Å². The van der Waals surface area contributed by atoms with Gasteiger partial charge in [0.05, 0.1) is 32.6 Å². The molecular weight excluding hydrogens is 517 g/mol. The maximum absolute atomic E-state index is 13.8. The van der Waals surface area contributed by atoms with Crippen molar-refractivity contribution in [3.63, 3.8) is 0 Å². The summed E-state index contributed by atoms with van der Waals surface area (Å²) in [6, 6.07) is 16.0. The third-order valence-electron chi connectivity index (χ3n) is 6.51. The van der Waals surface area contributed by atoms with Crippen molar-refractivity contribution in [2.75, 3.05) is 32.0 Å². The molecule has 40 heavy (non-hydrogen) atoms. The Bertz CT molecular complexity index is 1570. The van der Waals surface area contributed by atoms with Crippen molar-refractivity contribution in [2.24, 2.45) is 0 Å². The lowest BCUT2D eigenvalue weighted by molar-refractivity contribution is -0.113. The molecule has 1 amide bonds. The summed E-state index contributed by atoms with van der Waals surface area (Å²) < 4.78 is 37.2. The molecule has 0 saturated heterocycles. The molecule has 0 saturated carbocycles. The minimum absolute atomic E-state index is 0.229. The second kappa shape index (κ2) is 11.4. The number of nitrogens with zero attached hydrogens (tertiary/aromatic N) is 3. The standard InChI is InChI=1S/C29H28FN5O5/c1-17-26(28(36)34-22-11-10-21(37-2)14-24(22)38-3)27(35-29(33-17)31-16-32-35)19-7-12-23(25(13-19)39-4)40-15-18-5-8-20(30)9-6-18/h5-14,16,27H,15H2,1-4H3,(H,34,36)(H,31,32,33). The van der Waals surface area contributed by atoms with Crippen LogP contribution in [-0.2, 0) is 11.4 Å². The third-order valence-corrected chi connectivity index (χ3v) is 6.51. The fourth-order valence-corrected chi connectivity index (χ4v) is 4.50. The molecule has 0 radical (unpaired) electrons. The molecule has 1 atom stereocenters. The van der Waals surface area contributed by atoms with Gasteiger partial charge in [0.15, 0.2) is 11.5 Å². The lowest BCUT2D eigenvalue weighted by atomic mass is 9.94. The number of hydrogen-bond donors (Lipinski definition) is 2. The van der Waals surface area contributed by atoms with Crippen LogP contribution in [0.5, 0.6) is 23.0 Å². The Labute approximate surface area is 230 Å². The first-order valence-electron chi connectivity index (χ1n) is 12.4. The fraction of sp³-hybridized carbons (Fsp3) is 0.207. The maximum atomic E-state index is 13.8. The highest BCUT2D eigenvalue weighted by Crippen LogP contribution is 2.39. The zero-order valence-corrected chi connectivity index (χ0v) is 22.4. The van der Waals surface area contributed by atoms with E-state index in [0.717, 1.165) is 11.1 Å². The molecule has 0 fully saturated rings. The van der Waals surface area contributed by atoms with Gasteiger partial charge in [0, 0.05) is 11.8 Å². The van der Waals surface area contributed by atoms with E-state index in [1.165, 1.54) is 32.7 Å². The number of anilines is 2. The van der Waals surface area contributed by atoms with Gasteiger partial charge >= 0.3 is 0 Å². The molecular formula is C29H28FN5O5. The van der Waals surface area contributed by atoms with Crippen LogP contribution in [-0.4, -0.2) is 42.0 Å². The van der Waals surface area contributed by atoms with Crippen molar-refractivity contribution in [3.05, 3.63) is 95.2 Å². The van der Waals surface area contributed by atoms with Gasteiger partial charge in [-0.3, -0.25) is 4.79 Å². The number of carbonyl (C=O) groups is 1. The van der Waals surface area contributed by atoms with Crippen LogP contribution in [0.4, 0.5) is 16.0 Å². The second-order valence-electron chi connectivity index (χ2n) is 8.94. The summed E-state index contributed by atoms with van der Waals surface area (Å²) >= 11 is 0. The van der Waals surface area contributed by atoms with E-state index in [4.69, 9.17) is 18.9 Å². The molecule has 206 valence electrons. The Kier molecular flexibility index (Phi) is 7.54. The van der Waals surface area contributed by atoms with Gasteiger partial charge in [-0.2, -0.15) is 10.1 Å². The van der Waals surface area contributed by atoms with Gasteiger partial charge in [0.1, 0.15) is 36.3 Å². The highest BCUT2D eigenvalue weighted by atomic mass is 19.1. The number of fused-ring (bicyclic) bond motifs is 1. The van der Waals surface area contributed by atoms with E-state index >= 15 is 0 Å². The number of rotatable bonds is 9. The quantitative estimate of drug-likeness (QED) is 0.304. The predicted molar refractivity (Wildman–Crippen MR) is 146 cm³/mol. The number of benzene rings is 3. The zero-order chi connectivity index (χ0) is 28.2. The smallest absolute Gasteiger partial charge is 0.255 e. The Morgan fingerprint density at radius 1 is 0.975 bits per heavy atom. The van der Waals surface area contributed by atoms with Gasteiger partial charge in [-0.1, -0.05) is 18.2 Å². The predicted octanol–water partition coefficient (Wildman–Crippen LogP) is 4.95. The average molecular weight is 546 g/mol. The summed E-state index contributed by atoms with van der Waals surface area (Å²) in [5, 5.41) is 10.5. The summed E-state index contributed by atoms with van der Waals surface area (Å²) in [5.41, 5.74) is 3.07. The number of halogens is 1. The molecule has 0 spiro atoms. The van der Waals surface area contributed by atoms with E-state index < -0.39 is 6.04 Å². The Balaban J connectivity index is 1.47. The van der Waals surface area contributed by atoms with E-state index in [9.17, 15) is 9.18 Å². The van der Waals surface area contributed by atoms with Crippen LogP contribution in [0.25, 0.3) is 0 Å². The van der Waals surface area contributed by atoms with Gasteiger partial charge in [0.25, 0.3) is 5.91 Å². The summed E-state index contributed by atoms with van der Waals surface area (Å²) in [7, 11) is 4.62. The molecule has 10 nitrogen and oxygen atoms in total. The maximum Gasteiger partial charge on any atom is 0.255 e. The minimum Gasteiger partial charge on any atom is -0.497 e. The number of ether oxygens (including phenoxy) is 4. The van der Waals surface area contributed by atoms with E-state index in [1.54, 1.807) is 54.3 Å². The first-order valence-corrected chi connectivity index (χ1v) is 12.4. The molecule has 0 bridgehead atoms. The molecule has 11 heteroatoms. The molecule has 3 aromatic carbocycles. The summed E-state index contributed by atoms with van der Waals surface area (Å²) in [6.45, 7) is 2.04. The van der Waals surface area contributed by atoms with Gasteiger partial charge in [-0.25, -0.2) is 9.07 Å². The molecule has 1 aromatic heterocycles. The number of nitrogens with one attached hydrogen (secondary N) is 2. The third kappa shape index (κ3) is 5.26. The van der Waals surface area contributed by atoms with Crippen LogP contribution in [0.3, 0.4) is 0 Å². The first-order chi connectivity index (χ1) is 19.4. The number of aromatic nitrogens is 3. The Morgan fingerprint density at radius 2 is 1.75 bits per heavy atom. The van der Waals surface area contributed by atoms with Crippen molar-refractivity contribution in [1.29, 1.82) is 0 Å². The van der Waals surface area contributed by atoms with Gasteiger partial charge in [-0.05, 0) is 54.4 Å². The molecule has 1 aliphatic rings. The van der Waals surface area contributed by atoms with Crippen LogP contribution < -0.4 is 29.6 Å².